The van der Waals surface area contributed by atoms with Crippen molar-refractivity contribution in [1.82, 2.24) is 15.0 Å². The quantitative estimate of drug-likeness (QED) is 0.374. The molecule has 0 spiro atoms. The Hall–Kier alpha value is -3.57. The van der Waals surface area contributed by atoms with Gasteiger partial charge in [-0.25, -0.2) is 32.9 Å². The van der Waals surface area contributed by atoms with Crippen molar-refractivity contribution >= 4 is 45.1 Å². The molecule has 0 aliphatic rings. The van der Waals surface area contributed by atoms with Crippen molar-refractivity contribution in [3.8, 4) is 0 Å². The SMILES string of the molecule is CCC(OC(=O)c1ccnc(Cl)c1)C(=O)Nc1ccc(S(=O)(=O)Nc2ncccn2)cc1. The Morgan fingerprint density at radius 3 is 2.38 bits per heavy atom. The second kappa shape index (κ2) is 10.2. The topological polar surface area (TPSA) is 140 Å². The molecule has 3 rings (SSSR count). The maximum Gasteiger partial charge on any atom is 0.339 e. The summed E-state index contributed by atoms with van der Waals surface area (Å²) in [5.74, 6) is -1.34. The molecule has 0 bridgehead atoms. The number of esters is 1. The third-order valence-electron chi connectivity index (χ3n) is 4.10. The maximum absolute atomic E-state index is 12.5. The first-order chi connectivity index (χ1) is 15.3. The number of halogens is 1. The van der Waals surface area contributed by atoms with Crippen LogP contribution in [0.2, 0.25) is 5.15 Å². The number of hydrogen-bond acceptors (Lipinski definition) is 8. The summed E-state index contributed by atoms with van der Waals surface area (Å²) in [6.45, 7) is 1.68. The predicted molar refractivity (Wildman–Crippen MR) is 117 cm³/mol. The molecular weight excluding hydrogens is 458 g/mol. The van der Waals surface area contributed by atoms with Gasteiger partial charge in [0, 0.05) is 24.3 Å². The van der Waals surface area contributed by atoms with E-state index in [0.29, 0.717) is 5.69 Å². The summed E-state index contributed by atoms with van der Waals surface area (Å²) in [6, 6.07) is 9.77. The van der Waals surface area contributed by atoms with Crippen LogP contribution in [-0.4, -0.2) is 41.4 Å². The highest BCUT2D eigenvalue weighted by Gasteiger charge is 2.23. The number of nitrogens with one attached hydrogen (secondary N) is 2. The van der Waals surface area contributed by atoms with E-state index in [9.17, 15) is 18.0 Å². The Morgan fingerprint density at radius 1 is 1.06 bits per heavy atom. The molecule has 10 nitrogen and oxygen atoms in total. The van der Waals surface area contributed by atoms with Crippen LogP contribution in [0.5, 0.6) is 0 Å². The molecule has 32 heavy (non-hydrogen) atoms. The van der Waals surface area contributed by atoms with Gasteiger partial charge < -0.3 is 10.1 Å². The zero-order chi connectivity index (χ0) is 23.1. The summed E-state index contributed by atoms with van der Waals surface area (Å²) >= 11 is 5.77. The summed E-state index contributed by atoms with van der Waals surface area (Å²) in [5.41, 5.74) is 0.493. The van der Waals surface area contributed by atoms with E-state index in [4.69, 9.17) is 16.3 Å². The van der Waals surface area contributed by atoms with Crippen molar-refractivity contribution in [1.29, 1.82) is 0 Å². The minimum Gasteiger partial charge on any atom is -0.449 e. The monoisotopic (exact) mass is 475 g/mol. The zero-order valence-corrected chi connectivity index (χ0v) is 18.3. The molecule has 0 aliphatic heterocycles. The van der Waals surface area contributed by atoms with Crippen molar-refractivity contribution in [3.05, 3.63) is 71.8 Å². The summed E-state index contributed by atoms with van der Waals surface area (Å²) < 4.78 is 32.4. The summed E-state index contributed by atoms with van der Waals surface area (Å²) in [5, 5.41) is 2.72. The molecule has 2 heterocycles. The van der Waals surface area contributed by atoms with Crippen LogP contribution in [0.3, 0.4) is 0 Å². The van der Waals surface area contributed by atoms with Crippen molar-refractivity contribution in [2.24, 2.45) is 0 Å². The number of rotatable bonds is 8. The second-order valence-electron chi connectivity index (χ2n) is 6.36. The van der Waals surface area contributed by atoms with Gasteiger partial charge in [0.1, 0.15) is 5.15 Å². The maximum atomic E-state index is 12.5. The number of amides is 1. The average molecular weight is 476 g/mol. The van der Waals surface area contributed by atoms with Crippen molar-refractivity contribution in [3.63, 3.8) is 0 Å². The van der Waals surface area contributed by atoms with E-state index in [1.807, 2.05) is 0 Å². The fourth-order valence-electron chi connectivity index (χ4n) is 2.52. The van der Waals surface area contributed by atoms with Gasteiger partial charge in [0.25, 0.3) is 15.9 Å². The third kappa shape index (κ3) is 5.99. The zero-order valence-electron chi connectivity index (χ0n) is 16.7. The molecule has 0 aliphatic carbocycles. The van der Waals surface area contributed by atoms with Gasteiger partial charge in [-0.3, -0.25) is 4.79 Å². The van der Waals surface area contributed by atoms with E-state index < -0.39 is 28.0 Å². The highest BCUT2D eigenvalue weighted by molar-refractivity contribution is 7.92. The number of nitrogens with zero attached hydrogens (tertiary/aromatic N) is 3. The molecule has 2 N–H and O–H groups in total. The molecule has 166 valence electrons. The van der Waals surface area contributed by atoms with Crippen LogP contribution >= 0.6 is 11.6 Å². The second-order valence-corrected chi connectivity index (χ2v) is 8.43. The lowest BCUT2D eigenvalue weighted by Gasteiger charge is -2.16. The van der Waals surface area contributed by atoms with E-state index in [1.165, 1.54) is 55.0 Å². The number of benzene rings is 1. The molecule has 1 atom stereocenters. The first-order valence-electron chi connectivity index (χ1n) is 9.32. The van der Waals surface area contributed by atoms with Crippen LogP contribution in [0, 0.1) is 0 Å². The Morgan fingerprint density at radius 2 is 1.75 bits per heavy atom. The highest BCUT2D eigenvalue weighted by atomic mass is 35.5. The third-order valence-corrected chi connectivity index (χ3v) is 5.65. The molecule has 0 saturated heterocycles. The Kier molecular flexibility index (Phi) is 7.33. The van der Waals surface area contributed by atoms with Crippen LogP contribution in [-0.2, 0) is 19.6 Å². The summed E-state index contributed by atoms with van der Waals surface area (Å²) in [4.78, 5) is 36.2. The van der Waals surface area contributed by atoms with Gasteiger partial charge in [-0.1, -0.05) is 18.5 Å². The van der Waals surface area contributed by atoms with Gasteiger partial charge in [0.05, 0.1) is 10.5 Å². The minimum absolute atomic E-state index is 0.0454. The van der Waals surface area contributed by atoms with Crippen molar-refractivity contribution in [2.45, 2.75) is 24.3 Å². The molecular formula is C20H18ClN5O5S. The Bertz CT molecular complexity index is 1210. The summed E-state index contributed by atoms with van der Waals surface area (Å²) in [7, 11) is -3.90. The van der Waals surface area contributed by atoms with Crippen LogP contribution in [0.25, 0.3) is 0 Å². The van der Waals surface area contributed by atoms with Crippen LogP contribution in [0.15, 0.2) is 66.0 Å². The number of aromatic nitrogens is 3. The number of pyridine rings is 1. The number of sulfonamides is 1. The molecule has 3 aromatic rings. The number of carbonyl (C=O) groups is 2. The normalized spacial score (nSPS) is 11.9. The lowest BCUT2D eigenvalue weighted by atomic mass is 10.2. The van der Waals surface area contributed by atoms with Crippen molar-refractivity contribution in [2.75, 3.05) is 10.0 Å². The van der Waals surface area contributed by atoms with E-state index >= 15 is 0 Å². The number of anilines is 2. The van der Waals surface area contributed by atoms with E-state index in [0.717, 1.165) is 0 Å². The Balaban J connectivity index is 1.64. The van der Waals surface area contributed by atoms with Crippen LogP contribution < -0.4 is 10.0 Å². The van der Waals surface area contributed by atoms with E-state index in [2.05, 4.69) is 25.0 Å². The molecule has 0 saturated carbocycles. The van der Waals surface area contributed by atoms with Gasteiger partial charge in [-0.2, -0.15) is 0 Å². The first kappa shape index (κ1) is 23.1. The number of carbonyl (C=O) groups excluding carboxylic acids is 2. The fraction of sp³-hybridized carbons (Fsp3) is 0.150. The lowest BCUT2D eigenvalue weighted by Crippen LogP contribution is -2.32. The fourth-order valence-corrected chi connectivity index (χ4v) is 3.65. The van der Waals surface area contributed by atoms with Gasteiger partial charge in [-0.15, -0.1) is 0 Å². The van der Waals surface area contributed by atoms with Gasteiger partial charge in [0.15, 0.2) is 6.10 Å². The molecule has 12 heteroatoms. The van der Waals surface area contributed by atoms with Crippen LogP contribution in [0.1, 0.15) is 23.7 Å². The first-order valence-corrected chi connectivity index (χ1v) is 11.2. The average Bonchev–Trinajstić information content (AvgIpc) is 2.78. The predicted octanol–water partition coefficient (Wildman–Crippen LogP) is 2.90. The van der Waals surface area contributed by atoms with E-state index in [-0.39, 0.29) is 28.0 Å². The number of ether oxygens (including phenoxy) is 1. The molecule has 0 fully saturated rings. The van der Waals surface area contributed by atoms with Crippen LogP contribution in [0.4, 0.5) is 11.6 Å². The molecule has 1 amide bonds. The summed E-state index contributed by atoms with van der Waals surface area (Å²) in [6.07, 6.45) is 3.33. The van der Waals surface area contributed by atoms with Gasteiger partial charge in [0.2, 0.25) is 5.95 Å². The molecule has 0 radical (unpaired) electrons. The number of hydrogen-bond donors (Lipinski definition) is 2. The van der Waals surface area contributed by atoms with Gasteiger partial charge >= 0.3 is 5.97 Å². The van der Waals surface area contributed by atoms with Crippen molar-refractivity contribution < 1.29 is 22.7 Å². The molecule has 1 aromatic carbocycles. The highest BCUT2D eigenvalue weighted by Crippen LogP contribution is 2.17. The van der Waals surface area contributed by atoms with E-state index in [1.54, 1.807) is 13.0 Å². The Labute approximate surface area is 189 Å². The molecule has 2 aromatic heterocycles. The lowest BCUT2D eigenvalue weighted by molar-refractivity contribution is -0.124. The van der Waals surface area contributed by atoms with Gasteiger partial charge in [-0.05, 0) is 48.9 Å². The smallest absolute Gasteiger partial charge is 0.339 e. The standard InChI is InChI=1S/C20H18ClN5O5S/c1-2-16(31-19(28)13-8-11-22-17(21)12-13)18(27)25-14-4-6-15(7-5-14)32(29,30)26-20-23-9-3-10-24-20/h3-12,16H,2H2,1H3,(H,25,27)(H,23,24,26). The molecule has 1 unspecified atom stereocenters. The largest absolute Gasteiger partial charge is 0.449 e. The minimum atomic E-state index is -3.90.